The van der Waals surface area contributed by atoms with E-state index >= 15 is 0 Å². The van der Waals surface area contributed by atoms with E-state index in [4.69, 9.17) is 4.74 Å². The molecule has 1 spiro atoms. The second-order valence-corrected chi connectivity index (χ2v) is 7.09. The summed E-state index contributed by atoms with van der Waals surface area (Å²) in [5.41, 5.74) is 0.192. The van der Waals surface area contributed by atoms with E-state index in [2.05, 4.69) is 9.97 Å². The van der Waals surface area contributed by atoms with E-state index in [1.807, 2.05) is 4.90 Å². The van der Waals surface area contributed by atoms with Gasteiger partial charge in [-0.1, -0.05) is 0 Å². The van der Waals surface area contributed by atoms with Crippen LogP contribution >= 0.6 is 0 Å². The van der Waals surface area contributed by atoms with E-state index in [0.29, 0.717) is 37.7 Å². The molecule has 3 aliphatic rings. The fourth-order valence-corrected chi connectivity index (χ4v) is 3.88. The third-order valence-electron chi connectivity index (χ3n) is 5.31. The number of amides is 2. The van der Waals surface area contributed by atoms with Crippen LogP contribution in [0, 0.1) is 5.92 Å². The van der Waals surface area contributed by atoms with E-state index in [9.17, 15) is 9.59 Å². The monoisotopic (exact) mass is 330 g/mol. The largest absolute Gasteiger partial charge is 0.371 e. The first-order valence-electron chi connectivity index (χ1n) is 8.62. The Morgan fingerprint density at radius 1 is 1.38 bits per heavy atom. The molecule has 7 nitrogen and oxygen atoms in total. The molecule has 128 valence electrons. The highest BCUT2D eigenvalue weighted by Crippen LogP contribution is 2.37. The molecule has 0 radical (unpaired) electrons. The lowest BCUT2D eigenvalue weighted by molar-refractivity contribution is -0.169. The zero-order valence-corrected chi connectivity index (χ0v) is 13.7. The van der Waals surface area contributed by atoms with E-state index < -0.39 is 0 Å². The van der Waals surface area contributed by atoms with Gasteiger partial charge in [-0.25, -0.2) is 4.98 Å². The molecule has 4 rings (SSSR count). The molecule has 4 heterocycles. The summed E-state index contributed by atoms with van der Waals surface area (Å²) in [5, 5.41) is 0. The van der Waals surface area contributed by atoms with Crippen LogP contribution in [0.15, 0.2) is 18.6 Å². The number of ether oxygens (including phenoxy) is 1. The van der Waals surface area contributed by atoms with Crippen molar-refractivity contribution in [2.75, 3.05) is 32.8 Å². The van der Waals surface area contributed by atoms with Gasteiger partial charge in [0.25, 0.3) is 5.91 Å². The number of aromatic nitrogens is 2. The summed E-state index contributed by atoms with van der Waals surface area (Å²) in [4.78, 5) is 35.8. The van der Waals surface area contributed by atoms with Crippen LogP contribution < -0.4 is 0 Å². The van der Waals surface area contributed by atoms with Crippen LogP contribution in [-0.4, -0.2) is 70.0 Å². The maximum Gasteiger partial charge on any atom is 0.274 e. The number of rotatable bonds is 3. The van der Waals surface area contributed by atoms with Gasteiger partial charge in [0, 0.05) is 37.8 Å². The summed E-state index contributed by atoms with van der Waals surface area (Å²) < 4.78 is 6.11. The molecule has 0 aromatic carbocycles. The third-order valence-corrected chi connectivity index (χ3v) is 5.31. The van der Waals surface area contributed by atoms with E-state index in [0.717, 1.165) is 32.4 Å². The lowest BCUT2D eigenvalue weighted by atomic mass is 9.82. The molecule has 3 aliphatic heterocycles. The van der Waals surface area contributed by atoms with Crippen LogP contribution in [0.2, 0.25) is 0 Å². The summed E-state index contributed by atoms with van der Waals surface area (Å²) >= 11 is 0. The predicted molar refractivity (Wildman–Crippen MR) is 85.2 cm³/mol. The fourth-order valence-electron chi connectivity index (χ4n) is 3.88. The standard InChI is InChI=1S/C17H22N4O3/c22-15-2-1-7-20(15)9-13-3-4-17(24-10-13)11-21(12-17)16(23)14-8-18-5-6-19-14/h5-6,8,13H,1-4,7,9-12H2/t13-/m1/s1. The summed E-state index contributed by atoms with van der Waals surface area (Å²) in [5.74, 6) is 0.615. The maximum absolute atomic E-state index is 12.3. The molecule has 0 aliphatic carbocycles. The normalized spacial score (nSPS) is 25.8. The van der Waals surface area contributed by atoms with E-state index in [1.165, 1.54) is 12.4 Å². The zero-order chi connectivity index (χ0) is 16.6. The van der Waals surface area contributed by atoms with Gasteiger partial charge in [-0.05, 0) is 19.3 Å². The van der Waals surface area contributed by atoms with Gasteiger partial charge in [-0.3, -0.25) is 14.6 Å². The Labute approximate surface area is 141 Å². The molecule has 3 fully saturated rings. The minimum absolute atomic E-state index is 0.0814. The molecule has 2 amide bonds. The van der Waals surface area contributed by atoms with Gasteiger partial charge in [0.05, 0.1) is 25.9 Å². The lowest BCUT2D eigenvalue weighted by Crippen LogP contribution is -2.66. The number of carbonyl (C=O) groups excluding carboxylic acids is 2. The van der Waals surface area contributed by atoms with Crippen LogP contribution in [0.25, 0.3) is 0 Å². The summed E-state index contributed by atoms with van der Waals surface area (Å²) in [7, 11) is 0. The number of carbonyl (C=O) groups is 2. The van der Waals surface area contributed by atoms with E-state index in [1.54, 1.807) is 11.1 Å². The van der Waals surface area contributed by atoms with Gasteiger partial charge < -0.3 is 14.5 Å². The minimum atomic E-state index is -0.191. The van der Waals surface area contributed by atoms with E-state index in [-0.39, 0.29) is 17.4 Å². The summed E-state index contributed by atoms with van der Waals surface area (Å²) in [6, 6.07) is 0. The number of nitrogens with zero attached hydrogens (tertiary/aromatic N) is 4. The van der Waals surface area contributed by atoms with Gasteiger partial charge in [0.1, 0.15) is 11.3 Å². The highest BCUT2D eigenvalue weighted by molar-refractivity contribution is 5.92. The Kier molecular flexibility index (Phi) is 3.96. The van der Waals surface area contributed by atoms with Crippen molar-refractivity contribution in [3.8, 4) is 0 Å². The summed E-state index contributed by atoms with van der Waals surface area (Å²) in [6.07, 6.45) is 8.26. The first kappa shape index (κ1) is 15.5. The number of likely N-dealkylation sites (tertiary alicyclic amines) is 2. The Balaban J connectivity index is 1.27. The second-order valence-electron chi connectivity index (χ2n) is 7.09. The number of hydrogen-bond donors (Lipinski definition) is 0. The molecule has 1 atom stereocenters. The molecule has 0 unspecified atom stereocenters. The predicted octanol–water partition coefficient (Wildman–Crippen LogP) is 0.720. The highest BCUT2D eigenvalue weighted by Gasteiger charge is 2.49. The van der Waals surface area contributed by atoms with Crippen LogP contribution in [0.3, 0.4) is 0 Å². The van der Waals surface area contributed by atoms with Crippen LogP contribution in [0.1, 0.15) is 36.2 Å². The first-order valence-corrected chi connectivity index (χ1v) is 8.62. The third kappa shape index (κ3) is 2.88. The smallest absolute Gasteiger partial charge is 0.274 e. The van der Waals surface area contributed by atoms with Crippen molar-refractivity contribution in [2.24, 2.45) is 5.92 Å². The van der Waals surface area contributed by atoms with Gasteiger partial charge in [-0.2, -0.15) is 0 Å². The topological polar surface area (TPSA) is 75.6 Å². The average Bonchev–Trinajstić information content (AvgIpc) is 2.99. The van der Waals surface area contributed by atoms with Crippen molar-refractivity contribution >= 4 is 11.8 Å². The number of hydrogen-bond acceptors (Lipinski definition) is 5. The molecular weight excluding hydrogens is 308 g/mol. The molecule has 0 bridgehead atoms. The second kappa shape index (κ2) is 6.12. The Morgan fingerprint density at radius 3 is 2.88 bits per heavy atom. The van der Waals surface area contributed by atoms with Gasteiger partial charge in [-0.15, -0.1) is 0 Å². The van der Waals surface area contributed by atoms with Crippen molar-refractivity contribution in [3.63, 3.8) is 0 Å². The molecule has 3 saturated heterocycles. The Morgan fingerprint density at radius 2 is 2.25 bits per heavy atom. The Hall–Kier alpha value is -2.02. The molecule has 0 saturated carbocycles. The van der Waals surface area contributed by atoms with Crippen molar-refractivity contribution in [1.82, 2.24) is 19.8 Å². The SMILES string of the molecule is O=C1CCCN1C[C@H]1CCC2(CN(C(=O)c3cnccn3)C2)OC1. The lowest BCUT2D eigenvalue weighted by Gasteiger charge is -2.52. The molecule has 7 heteroatoms. The first-order chi connectivity index (χ1) is 11.7. The molecule has 24 heavy (non-hydrogen) atoms. The van der Waals surface area contributed by atoms with Gasteiger partial charge in [0.2, 0.25) is 5.91 Å². The molecular formula is C17H22N4O3. The molecule has 0 N–H and O–H groups in total. The maximum atomic E-state index is 12.3. The summed E-state index contributed by atoms with van der Waals surface area (Å²) in [6.45, 7) is 3.63. The molecule has 1 aromatic heterocycles. The highest BCUT2D eigenvalue weighted by atomic mass is 16.5. The van der Waals surface area contributed by atoms with Crippen molar-refractivity contribution in [3.05, 3.63) is 24.3 Å². The van der Waals surface area contributed by atoms with Crippen LogP contribution in [0.5, 0.6) is 0 Å². The zero-order valence-electron chi connectivity index (χ0n) is 13.7. The van der Waals surface area contributed by atoms with Crippen LogP contribution in [-0.2, 0) is 9.53 Å². The average molecular weight is 330 g/mol. The Bertz CT molecular complexity index is 620. The quantitative estimate of drug-likeness (QED) is 0.816. The fraction of sp³-hybridized carbons (Fsp3) is 0.647. The van der Waals surface area contributed by atoms with Crippen LogP contribution in [0.4, 0.5) is 0 Å². The van der Waals surface area contributed by atoms with Crippen molar-refractivity contribution in [2.45, 2.75) is 31.3 Å². The van der Waals surface area contributed by atoms with Gasteiger partial charge in [0.15, 0.2) is 0 Å². The molecule has 1 aromatic rings. The van der Waals surface area contributed by atoms with Crippen molar-refractivity contribution < 1.29 is 14.3 Å². The minimum Gasteiger partial charge on any atom is -0.371 e. The van der Waals surface area contributed by atoms with Gasteiger partial charge >= 0.3 is 0 Å². The van der Waals surface area contributed by atoms with Crippen molar-refractivity contribution in [1.29, 1.82) is 0 Å².